The number of rotatable bonds is 7. The summed E-state index contributed by atoms with van der Waals surface area (Å²) in [6, 6.07) is 8.75. The van der Waals surface area contributed by atoms with Crippen molar-refractivity contribution in [2.75, 3.05) is 20.1 Å². The molecule has 1 aromatic carbocycles. The van der Waals surface area contributed by atoms with Crippen LogP contribution in [-0.2, 0) is 6.42 Å². The van der Waals surface area contributed by atoms with Crippen LogP contribution in [0.5, 0.6) is 0 Å². The van der Waals surface area contributed by atoms with Crippen molar-refractivity contribution in [1.29, 1.82) is 0 Å². The number of benzene rings is 1. The zero-order valence-corrected chi connectivity index (χ0v) is 19.4. The Morgan fingerprint density at radius 2 is 1.74 bits per heavy atom. The molecule has 27 heavy (non-hydrogen) atoms. The van der Waals surface area contributed by atoms with Crippen LogP contribution >= 0.6 is 0 Å². The van der Waals surface area contributed by atoms with E-state index in [9.17, 15) is 0 Å². The lowest BCUT2D eigenvalue weighted by atomic mass is 9.77. The van der Waals surface area contributed by atoms with E-state index < -0.39 is 0 Å². The highest BCUT2D eigenvalue weighted by molar-refractivity contribution is 5.22. The summed E-state index contributed by atoms with van der Waals surface area (Å²) in [7, 11) is 1.50. The molecule has 0 spiro atoms. The molecule has 0 fully saturated rings. The van der Waals surface area contributed by atoms with Gasteiger partial charge in [-0.15, -0.1) is 13.2 Å². The largest absolute Gasteiger partial charge is 0.333 e. The maximum atomic E-state index is 4.50. The fraction of sp³-hybridized carbons (Fsp3) is 0.520. The Kier molecular flexibility index (Phi) is 21.3. The highest BCUT2D eigenvalue weighted by Gasteiger charge is 2.22. The number of nitrogens with one attached hydrogen (secondary N) is 1. The zero-order valence-electron chi connectivity index (χ0n) is 19.4. The lowest BCUT2D eigenvalue weighted by Crippen LogP contribution is -2.27. The molecule has 3 N–H and O–H groups in total. The molecule has 0 bridgehead atoms. The predicted octanol–water partition coefficient (Wildman–Crippen LogP) is 6.33. The topological polar surface area (TPSA) is 38.0 Å². The molecule has 0 heterocycles. The monoisotopic (exact) mass is 374 g/mol. The minimum absolute atomic E-state index is 0.285. The Bertz CT molecular complexity index is 495. The molecule has 2 nitrogen and oxygen atoms in total. The van der Waals surface area contributed by atoms with Crippen LogP contribution in [0.1, 0.15) is 52.7 Å². The Hall–Kier alpha value is -1.64. The van der Waals surface area contributed by atoms with Crippen LogP contribution in [0, 0.1) is 18.3 Å². The molecule has 1 atom stereocenters. The third kappa shape index (κ3) is 15.1. The lowest BCUT2D eigenvalue weighted by Gasteiger charge is -2.30. The molecule has 0 saturated carbocycles. The molecular weight excluding hydrogens is 328 g/mol. The summed E-state index contributed by atoms with van der Waals surface area (Å²) in [4.78, 5) is 0. The Balaban J connectivity index is -0.000000869. The number of hydrogen-bond donors (Lipinski definition) is 2. The van der Waals surface area contributed by atoms with Crippen LogP contribution in [0.2, 0.25) is 0 Å². The quantitative estimate of drug-likeness (QED) is 0.333. The van der Waals surface area contributed by atoms with Gasteiger partial charge in [0.25, 0.3) is 0 Å². The molecule has 1 rings (SSSR count). The molecule has 0 aromatic heterocycles. The molecule has 1 unspecified atom stereocenters. The van der Waals surface area contributed by atoms with Crippen molar-refractivity contribution >= 4 is 0 Å². The fourth-order valence-corrected chi connectivity index (χ4v) is 2.40. The second-order valence-corrected chi connectivity index (χ2v) is 6.98. The average Bonchev–Trinajstić information content (AvgIpc) is 2.68. The van der Waals surface area contributed by atoms with Crippen LogP contribution < -0.4 is 11.1 Å². The van der Waals surface area contributed by atoms with Gasteiger partial charge in [0.15, 0.2) is 0 Å². The normalized spacial score (nSPS) is 11.5. The van der Waals surface area contributed by atoms with Gasteiger partial charge < -0.3 is 11.1 Å². The molecule has 156 valence electrons. The van der Waals surface area contributed by atoms with Gasteiger partial charge in [-0.3, -0.25) is 0 Å². The Morgan fingerprint density at radius 3 is 2.19 bits per heavy atom. The number of allylic oxidation sites excluding steroid dienone is 2. The van der Waals surface area contributed by atoms with E-state index in [1.807, 2.05) is 19.9 Å². The van der Waals surface area contributed by atoms with Crippen molar-refractivity contribution in [2.24, 2.45) is 17.1 Å². The van der Waals surface area contributed by atoms with Crippen molar-refractivity contribution in [1.82, 2.24) is 5.32 Å². The van der Waals surface area contributed by atoms with E-state index in [1.54, 1.807) is 0 Å². The van der Waals surface area contributed by atoms with Gasteiger partial charge in [-0.2, -0.15) is 0 Å². The van der Waals surface area contributed by atoms with E-state index in [2.05, 4.69) is 95.7 Å². The third-order valence-electron chi connectivity index (χ3n) is 4.19. The van der Waals surface area contributed by atoms with Crippen molar-refractivity contribution in [2.45, 2.75) is 54.9 Å². The van der Waals surface area contributed by atoms with Crippen molar-refractivity contribution in [3.8, 4) is 0 Å². The number of nitrogens with two attached hydrogens (primary N) is 1. The van der Waals surface area contributed by atoms with E-state index >= 15 is 0 Å². The van der Waals surface area contributed by atoms with E-state index in [4.69, 9.17) is 0 Å². The first-order valence-electron chi connectivity index (χ1n) is 10.00. The van der Waals surface area contributed by atoms with E-state index in [-0.39, 0.29) is 5.41 Å². The van der Waals surface area contributed by atoms with Gasteiger partial charge in [-0.05, 0) is 43.8 Å². The highest BCUT2D eigenvalue weighted by Crippen LogP contribution is 2.31. The van der Waals surface area contributed by atoms with Gasteiger partial charge >= 0.3 is 0 Å². The smallest absolute Gasteiger partial charge is 0.0170 e. The minimum atomic E-state index is 0.285. The van der Waals surface area contributed by atoms with Gasteiger partial charge in [0.2, 0.25) is 0 Å². The number of hydrogen-bond acceptors (Lipinski definition) is 2. The molecule has 0 aliphatic carbocycles. The number of aryl methyl sites for hydroxylation is 1. The maximum absolute atomic E-state index is 4.50. The highest BCUT2D eigenvalue weighted by atomic mass is 14.8. The third-order valence-corrected chi connectivity index (χ3v) is 4.19. The summed E-state index contributed by atoms with van der Waals surface area (Å²) in [6.45, 7) is 27.1. The van der Waals surface area contributed by atoms with Crippen LogP contribution in [0.4, 0.5) is 0 Å². The molecule has 2 heteroatoms. The summed E-state index contributed by atoms with van der Waals surface area (Å²) in [5.74, 6) is 0.543. The maximum Gasteiger partial charge on any atom is 0.0170 e. The van der Waals surface area contributed by atoms with Gasteiger partial charge in [-0.25, -0.2) is 0 Å². The van der Waals surface area contributed by atoms with Crippen LogP contribution in [0.25, 0.3) is 0 Å². The van der Waals surface area contributed by atoms with Gasteiger partial charge in [0.05, 0.1) is 0 Å². The first-order valence-corrected chi connectivity index (χ1v) is 10.00. The summed E-state index contributed by atoms with van der Waals surface area (Å²) in [6.07, 6.45) is 5.14. The molecule has 0 aliphatic rings. The molecule has 0 amide bonds. The first-order chi connectivity index (χ1) is 12.8. The van der Waals surface area contributed by atoms with E-state index in [0.29, 0.717) is 5.92 Å². The van der Waals surface area contributed by atoms with Crippen molar-refractivity contribution in [3.05, 3.63) is 72.9 Å². The second kappa shape index (κ2) is 19.1. The second-order valence-electron chi connectivity index (χ2n) is 6.98. The standard InChI is InChI=1S/C20H31N.C2H6.C2H4.CH5N/c1-7-9-19(17(3)20(4,5)6)15-21-13-12-18-11-8-10-16(2)14-18;3*1-2/h7-11,14,17,21H,1,12-13,15H2,2-6H3;1-2H3;1-2H2;2H2,1H3/b19-9+;;;. The Labute approximate surface area is 170 Å². The van der Waals surface area contributed by atoms with Crippen LogP contribution in [-0.4, -0.2) is 20.1 Å². The summed E-state index contributed by atoms with van der Waals surface area (Å²) < 4.78 is 0. The average molecular weight is 375 g/mol. The van der Waals surface area contributed by atoms with Crippen LogP contribution in [0.15, 0.2) is 61.7 Å². The summed E-state index contributed by atoms with van der Waals surface area (Å²) in [5.41, 5.74) is 8.95. The SMILES string of the molecule is C=C.C=C/C=C(\CNCCc1cccc(C)c1)C(C)C(C)(C)C.CC.CN. The molecule has 0 saturated heterocycles. The van der Waals surface area contributed by atoms with Crippen molar-refractivity contribution < 1.29 is 0 Å². The van der Waals surface area contributed by atoms with Gasteiger partial charge in [0.1, 0.15) is 0 Å². The Morgan fingerprint density at radius 1 is 1.19 bits per heavy atom. The minimum Gasteiger partial charge on any atom is -0.333 e. The lowest BCUT2D eigenvalue weighted by molar-refractivity contribution is 0.295. The molecule has 0 radical (unpaired) electrons. The van der Waals surface area contributed by atoms with Crippen LogP contribution in [0.3, 0.4) is 0 Å². The zero-order chi connectivity index (χ0) is 21.9. The molecular formula is C25H46N2. The molecule has 1 aromatic rings. The van der Waals surface area contributed by atoms with E-state index in [1.165, 1.54) is 23.7 Å². The van der Waals surface area contributed by atoms with Gasteiger partial charge in [-0.1, -0.05) is 95.7 Å². The molecule has 0 aliphatic heterocycles. The van der Waals surface area contributed by atoms with Gasteiger partial charge in [0, 0.05) is 6.54 Å². The summed E-state index contributed by atoms with van der Waals surface area (Å²) >= 11 is 0. The summed E-state index contributed by atoms with van der Waals surface area (Å²) in [5, 5.41) is 3.58. The van der Waals surface area contributed by atoms with E-state index in [0.717, 1.165) is 19.5 Å². The first kappa shape index (κ1) is 30.1. The fourth-order valence-electron chi connectivity index (χ4n) is 2.40. The predicted molar refractivity (Wildman–Crippen MR) is 127 cm³/mol. The van der Waals surface area contributed by atoms with Crippen molar-refractivity contribution in [3.63, 3.8) is 0 Å².